The number of amides is 1. The summed E-state index contributed by atoms with van der Waals surface area (Å²) in [6.45, 7) is 5.43. The zero-order valence-electron chi connectivity index (χ0n) is 21.7. The largest absolute Gasteiger partial charge is 0.507 e. The molecule has 2 aromatic rings. The van der Waals surface area contributed by atoms with Gasteiger partial charge >= 0.3 is 0 Å². The maximum atomic E-state index is 13.3. The second kappa shape index (κ2) is 11.8. The van der Waals surface area contributed by atoms with Crippen LogP contribution < -0.4 is 18.9 Å². The van der Waals surface area contributed by atoms with Gasteiger partial charge in [-0.2, -0.15) is 0 Å². The van der Waals surface area contributed by atoms with Crippen LogP contribution in [0, 0.1) is 0 Å². The number of benzene rings is 2. The Kier molecular flexibility index (Phi) is 8.82. The van der Waals surface area contributed by atoms with E-state index in [9.17, 15) is 14.7 Å². The fourth-order valence-electron chi connectivity index (χ4n) is 4.14. The Morgan fingerprint density at radius 1 is 0.944 bits per heavy atom. The molecule has 0 aromatic heterocycles. The Labute approximate surface area is 211 Å². The van der Waals surface area contributed by atoms with Crippen molar-refractivity contribution in [3.63, 3.8) is 0 Å². The molecule has 1 amide bonds. The average molecular weight is 499 g/mol. The summed E-state index contributed by atoms with van der Waals surface area (Å²) < 4.78 is 22.2. The maximum absolute atomic E-state index is 13.3. The van der Waals surface area contributed by atoms with E-state index >= 15 is 0 Å². The van der Waals surface area contributed by atoms with Crippen molar-refractivity contribution in [1.82, 2.24) is 9.80 Å². The van der Waals surface area contributed by atoms with Crippen LogP contribution in [0.4, 0.5) is 0 Å². The van der Waals surface area contributed by atoms with E-state index in [0.717, 1.165) is 0 Å². The third-order valence-corrected chi connectivity index (χ3v) is 5.88. The first-order valence-electron chi connectivity index (χ1n) is 11.8. The number of Topliss-reactive ketones (excluding diaryl/α,β-unsaturated/α-hetero) is 1. The van der Waals surface area contributed by atoms with Gasteiger partial charge in [0, 0.05) is 19.2 Å². The molecule has 0 bridgehead atoms. The van der Waals surface area contributed by atoms with Gasteiger partial charge in [-0.25, -0.2) is 0 Å². The topological polar surface area (TPSA) is 97.8 Å². The first-order valence-corrected chi connectivity index (χ1v) is 11.8. The zero-order valence-corrected chi connectivity index (χ0v) is 21.7. The molecular formula is C27H34N2O7. The normalized spacial score (nSPS) is 17.0. The zero-order chi connectivity index (χ0) is 26.4. The third-order valence-electron chi connectivity index (χ3n) is 5.88. The van der Waals surface area contributed by atoms with Crippen LogP contribution in [-0.4, -0.2) is 81.2 Å². The molecule has 3 rings (SSSR count). The molecule has 1 atom stereocenters. The number of likely N-dealkylation sites (tertiary alicyclic amines) is 1. The number of ether oxygens (including phenoxy) is 4. The second-order valence-corrected chi connectivity index (χ2v) is 8.43. The molecule has 0 spiro atoms. The fraction of sp³-hybridized carbons (Fsp3) is 0.407. The van der Waals surface area contributed by atoms with Crippen LogP contribution >= 0.6 is 0 Å². The monoisotopic (exact) mass is 498 g/mol. The van der Waals surface area contributed by atoms with Crippen LogP contribution in [0.1, 0.15) is 31.0 Å². The Morgan fingerprint density at radius 3 is 2.25 bits per heavy atom. The SMILES string of the molecule is CCOc1ccc(C2/C(=C(\O)c3ccc(OC)cc3OC)C(=O)C(=O)N2CCN(C)C)cc1OCC. The summed E-state index contributed by atoms with van der Waals surface area (Å²) in [4.78, 5) is 29.9. The van der Waals surface area contributed by atoms with Crippen molar-refractivity contribution in [2.45, 2.75) is 19.9 Å². The van der Waals surface area contributed by atoms with E-state index < -0.39 is 17.7 Å². The fourth-order valence-corrected chi connectivity index (χ4v) is 4.14. The molecule has 1 heterocycles. The molecule has 36 heavy (non-hydrogen) atoms. The lowest BCUT2D eigenvalue weighted by Gasteiger charge is -2.27. The highest BCUT2D eigenvalue weighted by Crippen LogP contribution is 2.43. The molecule has 1 aliphatic heterocycles. The number of hydrogen-bond donors (Lipinski definition) is 1. The van der Waals surface area contributed by atoms with Gasteiger partial charge in [0.15, 0.2) is 11.5 Å². The number of likely N-dealkylation sites (N-methyl/N-ethyl adjacent to an activating group) is 1. The van der Waals surface area contributed by atoms with E-state index in [0.29, 0.717) is 48.3 Å². The molecule has 0 radical (unpaired) electrons. The summed E-state index contributed by atoms with van der Waals surface area (Å²) >= 11 is 0. The van der Waals surface area contributed by atoms with Crippen molar-refractivity contribution < 1.29 is 33.6 Å². The highest BCUT2D eigenvalue weighted by Gasteiger charge is 2.46. The summed E-state index contributed by atoms with van der Waals surface area (Å²) in [6, 6.07) is 9.32. The predicted octanol–water partition coefficient (Wildman–Crippen LogP) is 3.48. The van der Waals surface area contributed by atoms with Gasteiger partial charge in [-0.15, -0.1) is 0 Å². The highest BCUT2D eigenvalue weighted by molar-refractivity contribution is 6.46. The van der Waals surface area contributed by atoms with Crippen LogP contribution in [0.3, 0.4) is 0 Å². The predicted molar refractivity (Wildman–Crippen MR) is 136 cm³/mol. The number of aliphatic hydroxyl groups excluding tert-OH is 1. The molecule has 1 fully saturated rings. The van der Waals surface area contributed by atoms with Crippen LogP contribution in [0.5, 0.6) is 23.0 Å². The summed E-state index contributed by atoms with van der Waals surface area (Å²) in [5.41, 5.74) is 0.882. The quantitative estimate of drug-likeness (QED) is 0.286. The van der Waals surface area contributed by atoms with Gasteiger partial charge in [-0.05, 0) is 57.8 Å². The molecule has 0 aliphatic carbocycles. The van der Waals surface area contributed by atoms with Gasteiger partial charge in [0.25, 0.3) is 11.7 Å². The minimum absolute atomic E-state index is 0.0196. The smallest absolute Gasteiger partial charge is 0.295 e. The van der Waals surface area contributed by atoms with E-state index in [4.69, 9.17) is 18.9 Å². The van der Waals surface area contributed by atoms with Crippen LogP contribution in [0.15, 0.2) is 42.0 Å². The van der Waals surface area contributed by atoms with Gasteiger partial charge in [-0.3, -0.25) is 9.59 Å². The van der Waals surface area contributed by atoms with Gasteiger partial charge in [0.1, 0.15) is 17.3 Å². The lowest BCUT2D eigenvalue weighted by molar-refractivity contribution is -0.140. The Hall–Kier alpha value is -3.72. The number of hydrogen-bond acceptors (Lipinski definition) is 8. The molecule has 1 N–H and O–H groups in total. The molecular weight excluding hydrogens is 464 g/mol. The second-order valence-electron chi connectivity index (χ2n) is 8.43. The minimum atomic E-state index is -0.827. The number of carbonyl (C=O) groups is 2. The molecule has 194 valence electrons. The number of methoxy groups -OCH3 is 2. The van der Waals surface area contributed by atoms with Crippen LogP contribution in [0.2, 0.25) is 0 Å². The molecule has 1 aliphatic rings. The van der Waals surface area contributed by atoms with E-state index in [1.54, 1.807) is 36.4 Å². The minimum Gasteiger partial charge on any atom is -0.507 e. The molecule has 9 heteroatoms. The van der Waals surface area contributed by atoms with E-state index in [-0.39, 0.29) is 23.4 Å². The number of rotatable bonds is 11. The Bertz CT molecular complexity index is 1140. The lowest BCUT2D eigenvalue weighted by atomic mass is 9.94. The van der Waals surface area contributed by atoms with E-state index in [1.165, 1.54) is 19.1 Å². The number of nitrogens with zero attached hydrogens (tertiary/aromatic N) is 2. The molecule has 1 unspecified atom stereocenters. The summed E-state index contributed by atoms with van der Waals surface area (Å²) in [5, 5.41) is 11.4. The summed E-state index contributed by atoms with van der Waals surface area (Å²) in [7, 11) is 6.75. The van der Waals surface area contributed by atoms with Gasteiger partial charge in [0.05, 0.1) is 44.6 Å². The standard InChI is InChI=1S/C27H34N2O7/c1-7-35-20-12-9-17(15-22(20)36-8-2)24-23(26(31)27(32)29(24)14-13-28(3)4)25(30)19-11-10-18(33-5)16-21(19)34-6/h9-12,15-16,24,30H,7-8,13-14H2,1-6H3/b25-23+. The lowest BCUT2D eigenvalue weighted by Crippen LogP contribution is -2.35. The number of carbonyl (C=O) groups excluding carboxylic acids is 2. The van der Waals surface area contributed by atoms with Crippen molar-refractivity contribution in [1.29, 1.82) is 0 Å². The maximum Gasteiger partial charge on any atom is 0.295 e. The van der Waals surface area contributed by atoms with Crippen molar-refractivity contribution in [2.24, 2.45) is 0 Å². The Balaban J connectivity index is 2.22. The third kappa shape index (κ3) is 5.41. The van der Waals surface area contributed by atoms with Crippen LogP contribution in [0.25, 0.3) is 5.76 Å². The first-order chi connectivity index (χ1) is 17.3. The highest BCUT2D eigenvalue weighted by atomic mass is 16.5. The van der Waals surface area contributed by atoms with Gasteiger partial charge < -0.3 is 33.9 Å². The summed E-state index contributed by atoms with van der Waals surface area (Å²) in [6.07, 6.45) is 0. The van der Waals surface area contributed by atoms with Crippen molar-refractivity contribution in [2.75, 3.05) is 54.6 Å². The van der Waals surface area contributed by atoms with Crippen LogP contribution in [-0.2, 0) is 9.59 Å². The van der Waals surface area contributed by atoms with Gasteiger partial charge in [0.2, 0.25) is 0 Å². The molecule has 9 nitrogen and oxygen atoms in total. The number of aliphatic hydroxyl groups is 1. The molecule has 0 saturated carbocycles. The van der Waals surface area contributed by atoms with Crippen molar-refractivity contribution in [3.05, 3.63) is 53.1 Å². The number of ketones is 1. The first kappa shape index (κ1) is 26.9. The van der Waals surface area contributed by atoms with E-state index in [1.807, 2.05) is 32.8 Å². The van der Waals surface area contributed by atoms with Gasteiger partial charge in [-0.1, -0.05) is 6.07 Å². The molecule has 2 aromatic carbocycles. The van der Waals surface area contributed by atoms with E-state index in [2.05, 4.69) is 0 Å². The van der Waals surface area contributed by atoms with Crippen molar-refractivity contribution >= 4 is 17.4 Å². The van der Waals surface area contributed by atoms with Crippen molar-refractivity contribution in [3.8, 4) is 23.0 Å². The molecule has 1 saturated heterocycles. The average Bonchev–Trinajstić information content (AvgIpc) is 3.12. The Morgan fingerprint density at radius 2 is 1.64 bits per heavy atom. The summed E-state index contributed by atoms with van der Waals surface area (Å²) in [5.74, 6) is 0.133.